The molecule has 3 atom stereocenters. The van der Waals surface area contributed by atoms with Crippen molar-refractivity contribution in [1.82, 2.24) is 25.1 Å². The van der Waals surface area contributed by atoms with Gasteiger partial charge in [0.25, 0.3) is 0 Å². The van der Waals surface area contributed by atoms with E-state index in [2.05, 4.69) is 34.1 Å². The van der Waals surface area contributed by atoms with E-state index in [1.807, 2.05) is 25.1 Å². The highest BCUT2D eigenvalue weighted by Crippen LogP contribution is 2.38. The lowest BCUT2D eigenvalue weighted by Crippen LogP contribution is -2.39. The van der Waals surface area contributed by atoms with E-state index in [0.717, 1.165) is 63.9 Å². The SMILES string of the molecule is CCc1cc(O)c(F)cc1-c1ccc2c(-c3nc4c([nH]3)CN(C)C(CC3CCC[C@@H]3C)C4)n[nH]c2c1. The van der Waals surface area contributed by atoms with Crippen LogP contribution in [0.5, 0.6) is 5.75 Å². The maximum atomic E-state index is 14.1. The summed E-state index contributed by atoms with van der Waals surface area (Å²) < 4.78 is 14.1. The number of halogens is 1. The number of nitrogens with one attached hydrogen (secondary N) is 2. The van der Waals surface area contributed by atoms with Gasteiger partial charge in [0.15, 0.2) is 17.4 Å². The Morgan fingerprint density at radius 3 is 2.83 bits per heavy atom. The molecule has 4 aromatic rings. The van der Waals surface area contributed by atoms with Gasteiger partial charge in [-0.1, -0.05) is 39.2 Å². The maximum absolute atomic E-state index is 14.1. The Morgan fingerprint density at radius 1 is 1.19 bits per heavy atom. The van der Waals surface area contributed by atoms with Crippen LogP contribution < -0.4 is 0 Å². The van der Waals surface area contributed by atoms with E-state index in [0.29, 0.717) is 12.5 Å². The number of benzene rings is 2. The third-order valence-corrected chi connectivity index (χ3v) is 8.59. The molecule has 0 spiro atoms. The molecular weight excluding hydrogens is 453 g/mol. The molecule has 2 aromatic carbocycles. The van der Waals surface area contributed by atoms with Crippen molar-refractivity contribution in [2.75, 3.05) is 7.05 Å². The molecule has 1 fully saturated rings. The summed E-state index contributed by atoms with van der Waals surface area (Å²) in [5.41, 5.74) is 6.60. The molecule has 0 saturated heterocycles. The van der Waals surface area contributed by atoms with Crippen molar-refractivity contribution in [3.63, 3.8) is 0 Å². The van der Waals surface area contributed by atoms with Crippen molar-refractivity contribution in [3.8, 4) is 28.4 Å². The first-order chi connectivity index (χ1) is 17.4. The monoisotopic (exact) mass is 487 g/mol. The predicted molar refractivity (Wildman–Crippen MR) is 140 cm³/mol. The Bertz CT molecular complexity index is 1420. The topological polar surface area (TPSA) is 80.8 Å². The highest BCUT2D eigenvalue weighted by atomic mass is 19.1. The number of rotatable bonds is 5. The van der Waals surface area contributed by atoms with Crippen molar-refractivity contribution >= 4 is 10.9 Å². The average Bonchev–Trinajstić information content (AvgIpc) is 3.58. The van der Waals surface area contributed by atoms with Crippen molar-refractivity contribution < 1.29 is 9.50 Å². The van der Waals surface area contributed by atoms with Gasteiger partial charge in [0.1, 0.15) is 5.69 Å². The third kappa shape index (κ3) is 3.99. The molecule has 0 bridgehead atoms. The molecule has 1 aliphatic carbocycles. The first-order valence-electron chi connectivity index (χ1n) is 13.2. The van der Waals surface area contributed by atoms with Gasteiger partial charge in [-0.3, -0.25) is 10.00 Å². The smallest absolute Gasteiger partial charge is 0.165 e. The minimum absolute atomic E-state index is 0.312. The van der Waals surface area contributed by atoms with Gasteiger partial charge in [-0.15, -0.1) is 0 Å². The fourth-order valence-electron chi connectivity index (χ4n) is 6.33. The molecule has 6 rings (SSSR count). The number of likely N-dealkylation sites (N-methyl/N-ethyl adjacent to an activating group) is 1. The Hall–Kier alpha value is -3.19. The number of aromatic hydroxyl groups is 1. The van der Waals surface area contributed by atoms with Gasteiger partial charge in [0.05, 0.1) is 16.9 Å². The summed E-state index contributed by atoms with van der Waals surface area (Å²) in [6.45, 7) is 5.29. The number of nitrogens with zero attached hydrogens (tertiary/aromatic N) is 3. The number of aryl methyl sites for hydroxylation is 1. The van der Waals surface area contributed by atoms with Crippen molar-refractivity contribution in [2.24, 2.45) is 11.8 Å². The number of aromatic amines is 2. The van der Waals surface area contributed by atoms with E-state index in [4.69, 9.17) is 4.98 Å². The van der Waals surface area contributed by atoms with Crippen LogP contribution in [0.2, 0.25) is 0 Å². The van der Waals surface area contributed by atoms with Crippen LogP contribution in [0.4, 0.5) is 4.39 Å². The van der Waals surface area contributed by atoms with Gasteiger partial charge in [-0.25, -0.2) is 9.37 Å². The fourth-order valence-corrected chi connectivity index (χ4v) is 6.33. The quantitative estimate of drug-likeness (QED) is 0.313. The third-order valence-electron chi connectivity index (χ3n) is 8.59. The number of imidazole rings is 1. The van der Waals surface area contributed by atoms with E-state index >= 15 is 0 Å². The number of hydrogen-bond acceptors (Lipinski definition) is 4. The number of phenolic OH excluding ortho intramolecular Hbond substituents is 1. The van der Waals surface area contributed by atoms with Gasteiger partial charge < -0.3 is 10.1 Å². The number of fused-ring (bicyclic) bond motifs is 2. The molecule has 188 valence electrons. The molecule has 36 heavy (non-hydrogen) atoms. The van der Waals surface area contributed by atoms with Crippen molar-refractivity contribution in [1.29, 1.82) is 0 Å². The molecule has 1 aliphatic heterocycles. The van der Waals surface area contributed by atoms with Crippen LogP contribution in [0.25, 0.3) is 33.5 Å². The van der Waals surface area contributed by atoms with Crippen LogP contribution in [-0.2, 0) is 19.4 Å². The van der Waals surface area contributed by atoms with Crippen LogP contribution in [-0.4, -0.2) is 43.3 Å². The number of phenols is 1. The molecule has 3 heterocycles. The van der Waals surface area contributed by atoms with Gasteiger partial charge in [-0.05, 0) is 72.7 Å². The lowest BCUT2D eigenvalue weighted by atomic mass is 9.87. The van der Waals surface area contributed by atoms with Gasteiger partial charge >= 0.3 is 0 Å². The average molecular weight is 488 g/mol. The molecule has 7 heteroatoms. The fraction of sp³-hybridized carbons (Fsp3) is 0.448. The van der Waals surface area contributed by atoms with Gasteiger partial charge in [0.2, 0.25) is 0 Å². The predicted octanol–water partition coefficient (Wildman–Crippen LogP) is 6.21. The Morgan fingerprint density at radius 2 is 2.06 bits per heavy atom. The molecule has 2 aliphatic rings. The molecule has 2 unspecified atom stereocenters. The zero-order valence-corrected chi connectivity index (χ0v) is 21.2. The van der Waals surface area contributed by atoms with Crippen molar-refractivity contribution in [3.05, 3.63) is 53.1 Å². The van der Waals surface area contributed by atoms with Crippen LogP contribution in [0.15, 0.2) is 30.3 Å². The molecule has 0 radical (unpaired) electrons. The van der Waals surface area contributed by atoms with Crippen molar-refractivity contribution in [2.45, 2.75) is 65.0 Å². The van der Waals surface area contributed by atoms with Gasteiger partial charge in [0, 0.05) is 24.4 Å². The summed E-state index contributed by atoms with van der Waals surface area (Å²) >= 11 is 0. The normalized spacial score (nSPS) is 22.4. The molecule has 3 N–H and O–H groups in total. The minimum atomic E-state index is -0.612. The molecular formula is C29H34FN5O. The largest absolute Gasteiger partial charge is 0.505 e. The summed E-state index contributed by atoms with van der Waals surface area (Å²) in [7, 11) is 2.23. The first-order valence-corrected chi connectivity index (χ1v) is 13.2. The zero-order chi connectivity index (χ0) is 25.0. The standard InChI is InChI=1S/C29H34FN5O/c1-4-17-12-27(36)23(30)14-22(17)19-8-9-21-24(11-19)33-34-28(21)29-31-25-13-20(35(3)15-26(25)32-29)10-18-7-5-6-16(18)2/h8-9,11-12,14,16,18,20,36H,4-7,10,13,15H2,1-3H3,(H,31,32)(H,33,34)/t16-,18?,20?/m0/s1. The summed E-state index contributed by atoms with van der Waals surface area (Å²) in [6.07, 6.45) is 7.03. The number of hydrogen-bond donors (Lipinski definition) is 3. The first kappa shape index (κ1) is 23.2. The zero-order valence-electron chi connectivity index (χ0n) is 21.2. The van der Waals surface area contributed by atoms with E-state index in [9.17, 15) is 9.50 Å². The highest BCUT2D eigenvalue weighted by Gasteiger charge is 2.32. The van der Waals surface area contributed by atoms with Crippen LogP contribution in [0.3, 0.4) is 0 Å². The van der Waals surface area contributed by atoms with E-state index in [1.54, 1.807) is 0 Å². The molecule has 0 amide bonds. The Balaban J connectivity index is 1.29. The lowest BCUT2D eigenvalue weighted by molar-refractivity contribution is 0.169. The van der Waals surface area contributed by atoms with E-state index < -0.39 is 5.82 Å². The van der Waals surface area contributed by atoms with Crippen LogP contribution in [0.1, 0.15) is 56.5 Å². The Labute approximate surface area is 211 Å². The molecule has 6 nitrogen and oxygen atoms in total. The molecule has 2 aromatic heterocycles. The maximum Gasteiger partial charge on any atom is 0.165 e. The Kier molecular flexibility index (Phi) is 5.83. The minimum Gasteiger partial charge on any atom is -0.505 e. The van der Waals surface area contributed by atoms with E-state index in [-0.39, 0.29) is 5.75 Å². The summed E-state index contributed by atoms with van der Waals surface area (Å²) in [5.74, 6) is 1.54. The molecule has 1 saturated carbocycles. The summed E-state index contributed by atoms with van der Waals surface area (Å²) in [4.78, 5) is 11.0. The number of aromatic nitrogens is 4. The highest BCUT2D eigenvalue weighted by molar-refractivity contribution is 5.94. The second kappa shape index (κ2) is 9.04. The number of H-pyrrole nitrogens is 2. The van der Waals surface area contributed by atoms with Crippen LogP contribution >= 0.6 is 0 Å². The van der Waals surface area contributed by atoms with Gasteiger partial charge in [-0.2, -0.15) is 5.10 Å². The second-order valence-electron chi connectivity index (χ2n) is 10.8. The van der Waals surface area contributed by atoms with E-state index in [1.165, 1.54) is 49.2 Å². The second-order valence-corrected chi connectivity index (χ2v) is 10.8. The summed E-state index contributed by atoms with van der Waals surface area (Å²) in [5, 5.41) is 18.5. The lowest BCUT2D eigenvalue weighted by Gasteiger charge is -2.34. The van der Waals surface area contributed by atoms with Crippen LogP contribution in [0, 0.1) is 17.7 Å². The summed E-state index contributed by atoms with van der Waals surface area (Å²) in [6, 6.07) is 9.46.